The summed E-state index contributed by atoms with van der Waals surface area (Å²) in [5, 5.41) is 0. The second-order valence-electron chi connectivity index (χ2n) is 3.77. The molecular weight excluding hydrogens is 178 g/mol. The van der Waals surface area contributed by atoms with Crippen LogP contribution in [0.1, 0.15) is 27.7 Å². The Balaban J connectivity index is 4.55. The molecule has 0 aromatic rings. The van der Waals surface area contributed by atoms with Crippen LogP contribution in [-0.2, 0) is 9.59 Å². The van der Waals surface area contributed by atoms with Crippen molar-refractivity contribution in [1.82, 2.24) is 4.84 Å². The lowest BCUT2D eigenvalue weighted by Crippen LogP contribution is -2.43. The average molecular weight is 192 g/mol. The first-order chi connectivity index (χ1) is 5.30. The van der Waals surface area contributed by atoms with E-state index in [9.17, 15) is 9.59 Å². The first-order valence-electron chi connectivity index (χ1n) is 3.71. The van der Waals surface area contributed by atoms with E-state index in [0.29, 0.717) is 0 Å². The van der Waals surface area contributed by atoms with Gasteiger partial charge in [-0.2, -0.15) is 0 Å². The molecule has 1 N–H and O–H groups in total. The third-order valence-corrected chi connectivity index (χ3v) is 1.74. The fourth-order valence-corrected chi connectivity index (χ4v) is 0.997. The summed E-state index contributed by atoms with van der Waals surface area (Å²) in [6.07, 6.45) is 0. The molecule has 0 fully saturated rings. The maximum atomic E-state index is 11.5. The van der Waals surface area contributed by atoms with Gasteiger partial charge in [-0.25, -0.2) is 4.84 Å². The van der Waals surface area contributed by atoms with Crippen molar-refractivity contribution >= 4 is 23.3 Å². The van der Waals surface area contributed by atoms with Crippen molar-refractivity contribution in [2.24, 2.45) is 5.41 Å². The summed E-state index contributed by atoms with van der Waals surface area (Å²) in [5.74, 6) is -0.449. The number of nitrogens with one attached hydrogen (secondary N) is 1. The van der Waals surface area contributed by atoms with Crippen LogP contribution in [0, 0.1) is 5.41 Å². The standard InChI is InChI=1S/C8H14ClNO2/c1-5(11)6(10-9)7(12)8(2,3)4/h6,10H,1-4H3. The summed E-state index contributed by atoms with van der Waals surface area (Å²) in [7, 11) is 0. The lowest BCUT2D eigenvalue weighted by molar-refractivity contribution is -0.133. The second-order valence-corrected chi connectivity index (χ2v) is 3.99. The van der Waals surface area contributed by atoms with E-state index < -0.39 is 11.5 Å². The van der Waals surface area contributed by atoms with Gasteiger partial charge in [-0.3, -0.25) is 9.59 Å². The molecule has 0 saturated carbocycles. The normalized spacial score (nSPS) is 14.1. The molecule has 0 saturated heterocycles. The van der Waals surface area contributed by atoms with Gasteiger partial charge in [-0.05, 0) is 18.7 Å². The minimum atomic E-state index is -0.883. The maximum Gasteiger partial charge on any atom is 0.163 e. The minimum Gasteiger partial charge on any atom is -0.298 e. The monoisotopic (exact) mass is 191 g/mol. The summed E-state index contributed by atoms with van der Waals surface area (Å²) in [6, 6.07) is -0.883. The number of halogens is 1. The molecule has 0 spiro atoms. The second kappa shape index (κ2) is 4.01. The number of hydrogen-bond acceptors (Lipinski definition) is 3. The molecule has 12 heavy (non-hydrogen) atoms. The van der Waals surface area contributed by atoms with Crippen LogP contribution in [0.3, 0.4) is 0 Å². The van der Waals surface area contributed by atoms with Crippen molar-refractivity contribution in [3.8, 4) is 0 Å². The van der Waals surface area contributed by atoms with Gasteiger partial charge in [0.15, 0.2) is 11.6 Å². The lowest BCUT2D eigenvalue weighted by atomic mass is 9.85. The molecule has 0 aliphatic rings. The van der Waals surface area contributed by atoms with Gasteiger partial charge in [0.05, 0.1) is 0 Å². The third-order valence-electron chi connectivity index (χ3n) is 1.52. The Hall–Kier alpha value is -0.410. The Kier molecular flexibility index (Phi) is 3.87. The van der Waals surface area contributed by atoms with Gasteiger partial charge in [0, 0.05) is 5.41 Å². The zero-order valence-electron chi connectivity index (χ0n) is 7.77. The van der Waals surface area contributed by atoms with E-state index in [0.717, 1.165) is 0 Å². The van der Waals surface area contributed by atoms with Crippen LogP contribution in [0.5, 0.6) is 0 Å². The molecule has 0 rings (SSSR count). The van der Waals surface area contributed by atoms with E-state index in [-0.39, 0.29) is 11.6 Å². The van der Waals surface area contributed by atoms with E-state index >= 15 is 0 Å². The lowest BCUT2D eigenvalue weighted by Gasteiger charge is -2.21. The maximum absolute atomic E-state index is 11.5. The Morgan fingerprint density at radius 3 is 1.83 bits per heavy atom. The molecule has 0 amide bonds. The molecule has 1 unspecified atom stereocenters. The highest BCUT2D eigenvalue weighted by Gasteiger charge is 2.31. The average Bonchev–Trinajstić information content (AvgIpc) is 1.86. The van der Waals surface area contributed by atoms with E-state index in [4.69, 9.17) is 11.8 Å². The fourth-order valence-electron chi connectivity index (χ4n) is 0.744. The number of rotatable bonds is 3. The molecule has 0 heterocycles. The third kappa shape index (κ3) is 2.91. The molecule has 0 aliphatic heterocycles. The molecule has 3 nitrogen and oxygen atoms in total. The van der Waals surface area contributed by atoms with Crippen LogP contribution in [0.15, 0.2) is 0 Å². The highest BCUT2D eigenvalue weighted by molar-refractivity contribution is 6.19. The molecule has 1 atom stereocenters. The van der Waals surface area contributed by atoms with Crippen molar-refractivity contribution in [3.63, 3.8) is 0 Å². The van der Waals surface area contributed by atoms with E-state index in [1.807, 2.05) is 0 Å². The van der Waals surface area contributed by atoms with Gasteiger partial charge in [0.2, 0.25) is 0 Å². The van der Waals surface area contributed by atoms with Gasteiger partial charge < -0.3 is 0 Å². The topological polar surface area (TPSA) is 46.2 Å². The van der Waals surface area contributed by atoms with E-state index in [1.54, 1.807) is 20.8 Å². The van der Waals surface area contributed by atoms with Crippen molar-refractivity contribution in [2.45, 2.75) is 33.7 Å². The van der Waals surface area contributed by atoms with Gasteiger partial charge >= 0.3 is 0 Å². The first kappa shape index (κ1) is 11.6. The van der Waals surface area contributed by atoms with Crippen LogP contribution in [0.25, 0.3) is 0 Å². The zero-order chi connectivity index (χ0) is 9.94. The molecule has 0 aromatic heterocycles. The summed E-state index contributed by atoms with van der Waals surface area (Å²) >= 11 is 5.27. The van der Waals surface area contributed by atoms with Crippen molar-refractivity contribution in [3.05, 3.63) is 0 Å². The van der Waals surface area contributed by atoms with Crippen molar-refractivity contribution in [1.29, 1.82) is 0 Å². The summed E-state index contributed by atoms with van der Waals surface area (Å²) in [5.41, 5.74) is -0.543. The van der Waals surface area contributed by atoms with Crippen LogP contribution in [0.2, 0.25) is 0 Å². The predicted octanol–water partition coefficient (Wildman–Crippen LogP) is 1.30. The molecular formula is C8H14ClNO2. The molecule has 70 valence electrons. The fraction of sp³-hybridized carbons (Fsp3) is 0.750. The predicted molar refractivity (Wildman–Crippen MR) is 47.9 cm³/mol. The number of ketones is 2. The molecule has 0 aromatic carbocycles. The summed E-state index contributed by atoms with van der Waals surface area (Å²) < 4.78 is 0. The smallest absolute Gasteiger partial charge is 0.163 e. The molecule has 0 bridgehead atoms. The van der Waals surface area contributed by atoms with Crippen LogP contribution < -0.4 is 4.84 Å². The van der Waals surface area contributed by atoms with Gasteiger partial charge in [-0.15, -0.1) is 0 Å². The molecule has 0 radical (unpaired) electrons. The van der Waals surface area contributed by atoms with Gasteiger partial charge in [0.1, 0.15) is 6.04 Å². The van der Waals surface area contributed by atoms with E-state index in [1.165, 1.54) is 6.92 Å². The highest BCUT2D eigenvalue weighted by atomic mass is 35.5. The SMILES string of the molecule is CC(=O)C(NCl)C(=O)C(C)(C)C. The van der Waals surface area contributed by atoms with Gasteiger partial charge in [-0.1, -0.05) is 20.8 Å². The van der Waals surface area contributed by atoms with Crippen molar-refractivity contribution < 1.29 is 9.59 Å². The Morgan fingerprint density at radius 2 is 1.75 bits per heavy atom. The van der Waals surface area contributed by atoms with E-state index in [2.05, 4.69) is 4.84 Å². The number of carbonyl (C=O) groups is 2. The number of hydrogen-bond donors (Lipinski definition) is 1. The van der Waals surface area contributed by atoms with Crippen molar-refractivity contribution in [2.75, 3.05) is 0 Å². The Labute approximate surface area is 77.6 Å². The first-order valence-corrected chi connectivity index (χ1v) is 4.09. The van der Waals surface area contributed by atoms with Crippen LogP contribution in [0.4, 0.5) is 0 Å². The minimum absolute atomic E-state index is 0.190. The zero-order valence-corrected chi connectivity index (χ0v) is 8.53. The highest BCUT2D eigenvalue weighted by Crippen LogP contribution is 2.17. The quantitative estimate of drug-likeness (QED) is 0.541. The summed E-state index contributed by atoms with van der Waals surface area (Å²) in [6.45, 7) is 6.59. The number of carbonyl (C=O) groups excluding carboxylic acids is 2. The van der Waals surface area contributed by atoms with Gasteiger partial charge in [0.25, 0.3) is 0 Å². The van der Waals surface area contributed by atoms with Crippen LogP contribution in [-0.4, -0.2) is 17.6 Å². The van der Waals surface area contributed by atoms with Crippen LogP contribution >= 0.6 is 11.8 Å². The number of Topliss-reactive ketones (excluding diaryl/α,β-unsaturated/α-hetero) is 2. The molecule has 4 heteroatoms. The summed E-state index contributed by atoms with van der Waals surface area (Å²) in [4.78, 5) is 24.5. The molecule has 0 aliphatic carbocycles. The Bertz CT molecular complexity index is 196. The Morgan fingerprint density at radius 1 is 1.33 bits per heavy atom. The largest absolute Gasteiger partial charge is 0.298 e.